The maximum absolute atomic E-state index is 10.1. The number of rotatable bonds is 5. The van der Waals surface area contributed by atoms with Gasteiger partial charge in [0.1, 0.15) is 11.9 Å². The van der Waals surface area contributed by atoms with E-state index >= 15 is 0 Å². The lowest BCUT2D eigenvalue weighted by Crippen LogP contribution is -2.20. The summed E-state index contributed by atoms with van der Waals surface area (Å²) >= 11 is 0. The molecule has 0 saturated carbocycles. The lowest BCUT2D eigenvalue weighted by Gasteiger charge is -2.15. The van der Waals surface area contributed by atoms with Crippen molar-refractivity contribution in [3.05, 3.63) is 29.3 Å². The molecular weight excluding hydrogens is 220 g/mol. The van der Waals surface area contributed by atoms with Crippen molar-refractivity contribution in [1.82, 2.24) is 0 Å². The molecule has 4 heteroatoms. The predicted molar refractivity (Wildman–Crippen MR) is 63.3 cm³/mol. The summed E-state index contributed by atoms with van der Waals surface area (Å²) in [6, 6.07) is 5.76. The number of ether oxygens (including phenoxy) is 3. The summed E-state index contributed by atoms with van der Waals surface area (Å²) in [5.74, 6) is 0.764. The van der Waals surface area contributed by atoms with Gasteiger partial charge in [0.15, 0.2) is 0 Å². The van der Waals surface area contributed by atoms with Crippen LogP contribution in [0.15, 0.2) is 18.2 Å². The van der Waals surface area contributed by atoms with Gasteiger partial charge < -0.3 is 19.3 Å². The average Bonchev–Trinajstić information content (AvgIpc) is 2.66. The summed E-state index contributed by atoms with van der Waals surface area (Å²) in [4.78, 5) is 0. The molecule has 17 heavy (non-hydrogen) atoms. The van der Waals surface area contributed by atoms with Gasteiger partial charge >= 0.3 is 0 Å². The Balaban J connectivity index is 2.04. The molecule has 2 rings (SSSR count). The van der Waals surface area contributed by atoms with Crippen LogP contribution < -0.4 is 4.74 Å². The van der Waals surface area contributed by atoms with Crippen LogP contribution in [0.5, 0.6) is 5.75 Å². The van der Waals surface area contributed by atoms with E-state index in [9.17, 15) is 5.11 Å². The van der Waals surface area contributed by atoms with Crippen LogP contribution in [0.2, 0.25) is 0 Å². The van der Waals surface area contributed by atoms with Crippen molar-refractivity contribution in [2.45, 2.75) is 18.6 Å². The van der Waals surface area contributed by atoms with Crippen LogP contribution in [0.4, 0.5) is 0 Å². The summed E-state index contributed by atoms with van der Waals surface area (Å²) in [5.41, 5.74) is 2.03. The highest BCUT2D eigenvalue weighted by Crippen LogP contribution is 2.35. The Morgan fingerprint density at radius 2 is 2.12 bits per heavy atom. The summed E-state index contributed by atoms with van der Waals surface area (Å²) in [6.07, 6.45) is -0.00581. The van der Waals surface area contributed by atoms with Crippen molar-refractivity contribution in [2.24, 2.45) is 0 Å². The van der Waals surface area contributed by atoms with Crippen molar-refractivity contribution in [2.75, 3.05) is 27.4 Å². The van der Waals surface area contributed by atoms with Crippen LogP contribution in [0.3, 0.4) is 0 Å². The highest BCUT2D eigenvalue weighted by molar-refractivity contribution is 5.41. The first-order valence-corrected chi connectivity index (χ1v) is 5.71. The van der Waals surface area contributed by atoms with Crippen LogP contribution in [0.1, 0.15) is 17.2 Å². The minimum absolute atomic E-state index is 0.174. The second kappa shape index (κ2) is 5.49. The van der Waals surface area contributed by atoms with E-state index in [1.165, 1.54) is 0 Å². The normalized spacial score (nSPS) is 22.5. The number of hydrogen-bond acceptors (Lipinski definition) is 4. The number of fused-ring (bicyclic) bond motifs is 1. The fourth-order valence-corrected chi connectivity index (χ4v) is 2.12. The van der Waals surface area contributed by atoms with E-state index in [1.54, 1.807) is 14.2 Å². The third kappa shape index (κ3) is 2.60. The molecule has 4 nitrogen and oxygen atoms in total. The molecule has 1 aromatic carbocycles. The monoisotopic (exact) mass is 238 g/mol. The lowest BCUT2D eigenvalue weighted by atomic mass is 10.1. The smallest absolute Gasteiger partial charge is 0.119 e. The molecule has 0 amide bonds. The Bertz CT molecular complexity index is 378. The molecule has 1 N–H and O–H groups in total. The van der Waals surface area contributed by atoms with Crippen LogP contribution in [-0.2, 0) is 15.9 Å². The van der Waals surface area contributed by atoms with E-state index in [0.29, 0.717) is 13.2 Å². The van der Waals surface area contributed by atoms with Crippen molar-refractivity contribution in [3.63, 3.8) is 0 Å². The van der Waals surface area contributed by atoms with Gasteiger partial charge in [0.05, 0.1) is 26.4 Å². The minimum atomic E-state index is -0.572. The van der Waals surface area contributed by atoms with Gasteiger partial charge in [0, 0.05) is 13.5 Å². The largest absolute Gasteiger partial charge is 0.497 e. The topological polar surface area (TPSA) is 47.9 Å². The molecule has 0 heterocycles. The van der Waals surface area contributed by atoms with Gasteiger partial charge in [-0.25, -0.2) is 0 Å². The van der Waals surface area contributed by atoms with Crippen molar-refractivity contribution in [3.8, 4) is 5.75 Å². The third-order valence-corrected chi connectivity index (χ3v) is 3.06. The molecule has 0 radical (unpaired) electrons. The summed E-state index contributed by atoms with van der Waals surface area (Å²) < 4.78 is 15.7. The molecule has 2 unspecified atom stereocenters. The Morgan fingerprint density at radius 1 is 1.29 bits per heavy atom. The third-order valence-electron chi connectivity index (χ3n) is 3.06. The molecule has 0 saturated heterocycles. The van der Waals surface area contributed by atoms with Crippen LogP contribution in [-0.4, -0.2) is 38.6 Å². The first-order chi connectivity index (χ1) is 8.26. The van der Waals surface area contributed by atoms with E-state index < -0.39 is 6.10 Å². The van der Waals surface area contributed by atoms with Gasteiger partial charge in [-0.1, -0.05) is 6.07 Å². The Hall–Kier alpha value is -1.10. The van der Waals surface area contributed by atoms with Crippen LogP contribution in [0, 0.1) is 0 Å². The molecule has 1 aromatic rings. The SMILES string of the molecule is COCCOC1Cc2ccc(OC)cc2C1O. The molecule has 0 bridgehead atoms. The predicted octanol–water partition coefficient (Wildman–Crippen LogP) is 1.32. The second-order valence-corrected chi connectivity index (χ2v) is 4.12. The summed E-state index contributed by atoms with van der Waals surface area (Å²) in [6.45, 7) is 1.05. The summed E-state index contributed by atoms with van der Waals surface area (Å²) in [5, 5.41) is 10.1. The number of aliphatic hydroxyl groups excluding tert-OH is 1. The van der Waals surface area contributed by atoms with Gasteiger partial charge in [-0.05, 0) is 23.3 Å². The van der Waals surface area contributed by atoms with E-state index in [0.717, 1.165) is 23.3 Å². The zero-order valence-corrected chi connectivity index (χ0v) is 10.2. The number of aliphatic hydroxyl groups is 1. The number of methoxy groups -OCH3 is 2. The Labute approximate surface area is 101 Å². The molecule has 0 spiro atoms. The molecular formula is C13H18O4. The zero-order valence-electron chi connectivity index (χ0n) is 10.2. The fraction of sp³-hybridized carbons (Fsp3) is 0.538. The Morgan fingerprint density at radius 3 is 2.82 bits per heavy atom. The Kier molecular flexibility index (Phi) is 3.99. The average molecular weight is 238 g/mol. The first-order valence-electron chi connectivity index (χ1n) is 5.71. The van der Waals surface area contributed by atoms with E-state index in [-0.39, 0.29) is 6.10 Å². The van der Waals surface area contributed by atoms with Crippen molar-refractivity contribution < 1.29 is 19.3 Å². The quantitative estimate of drug-likeness (QED) is 0.786. The van der Waals surface area contributed by atoms with Crippen molar-refractivity contribution >= 4 is 0 Å². The van der Waals surface area contributed by atoms with Crippen LogP contribution in [0.25, 0.3) is 0 Å². The summed E-state index contributed by atoms with van der Waals surface area (Å²) in [7, 11) is 3.25. The molecule has 0 aromatic heterocycles. The van der Waals surface area contributed by atoms with Gasteiger partial charge in [0.2, 0.25) is 0 Å². The van der Waals surface area contributed by atoms with E-state index in [2.05, 4.69) is 0 Å². The lowest BCUT2D eigenvalue weighted by molar-refractivity contribution is -0.0433. The highest BCUT2D eigenvalue weighted by Gasteiger charge is 2.31. The highest BCUT2D eigenvalue weighted by atomic mass is 16.5. The molecule has 0 fully saturated rings. The van der Waals surface area contributed by atoms with Crippen molar-refractivity contribution in [1.29, 1.82) is 0 Å². The minimum Gasteiger partial charge on any atom is -0.497 e. The molecule has 94 valence electrons. The number of hydrogen-bond donors (Lipinski definition) is 1. The first kappa shape index (κ1) is 12.4. The van der Waals surface area contributed by atoms with Gasteiger partial charge in [-0.3, -0.25) is 0 Å². The van der Waals surface area contributed by atoms with Gasteiger partial charge in [-0.15, -0.1) is 0 Å². The molecule has 2 atom stereocenters. The number of benzene rings is 1. The molecule has 1 aliphatic rings. The van der Waals surface area contributed by atoms with Gasteiger partial charge in [-0.2, -0.15) is 0 Å². The zero-order chi connectivity index (χ0) is 12.3. The van der Waals surface area contributed by atoms with E-state index in [1.807, 2.05) is 18.2 Å². The second-order valence-electron chi connectivity index (χ2n) is 4.12. The van der Waals surface area contributed by atoms with E-state index in [4.69, 9.17) is 14.2 Å². The standard InChI is InChI=1S/C13H18O4/c1-15-5-6-17-12-7-9-3-4-10(16-2)8-11(9)13(12)14/h3-4,8,12-14H,5-7H2,1-2H3. The maximum atomic E-state index is 10.1. The maximum Gasteiger partial charge on any atom is 0.119 e. The molecule has 0 aliphatic heterocycles. The van der Waals surface area contributed by atoms with Crippen LogP contribution >= 0.6 is 0 Å². The molecule has 1 aliphatic carbocycles. The fourth-order valence-electron chi connectivity index (χ4n) is 2.12. The van der Waals surface area contributed by atoms with Gasteiger partial charge in [0.25, 0.3) is 0 Å².